The van der Waals surface area contributed by atoms with Gasteiger partial charge in [0, 0.05) is 11.6 Å². The van der Waals surface area contributed by atoms with E-state index in [1.807, 2.05) is 0 Å². The molecular formula is C9H5ClO6. The average molecular weight is 245 g/mol. The number of carboxylic acids is 2. The van der Waals surface area contributed by atoms with Crippen LogP contribution in [0.15, 0.2) is 18.2 Å². The second kappa shape index (κ2) is 4.63. The van der Waals surface area contributed by atoms with Crippen LogP contribution >= 0.6 is 11.6 Å². The first-order valence-electron chi connectivity index (χ1n) is 3.89. The largest absolute Gasteiger partial charge is 0.478 e. The average Bonchev–Trinajstić information content (AvgIpc) is 2.15. The zero-order valence-electron chi connectivity index (χ0n) is 7.64. The Morgan fingerprint density at radius 1 is 1.00 bits per heavy atom. The number of carboxylic acid groups (broad SMARTS) is 2. The Morgan fingerprint density at radius 3 is 1.75 bits per heavy atom. The number of ether oxygens (including phenoxy) is 1. The predicted octanol–water partition coefficient (Wildman–Crippen LogP) is 1.82. The quantitative estimate of drug-likeness (QED) is 0.787. The first kappa shape index (κ1) is 12.0. The van der Waals surface area contributed by atoms with Gasteiger partial charge < -0.3 is 14.9 Å². The van der Waals surface area contributed by atoms with Crippen LogP contribution in [-0.2, 0) is 0 Å². The van der Waals surface area contributed by atoms with E-state index in [-0.39, 0.29) is 16.9 Å². The number of benzene rings is 1. The lowest BCUT2D eigenvalue weighted by molar-refractivity contribution is 0.0696. The summed E-state index contributed by atoms with van der Waals surface area (Å²) in [5.41, 5.74) is -1.81. The Balaban J connectivity index is 3.23. The van der Waals surface area contributed by atoms with Crippen molar-refractivity contribution in [2.75, 3.05) is 0 Å². The van der Waals surface area contributed by atoms with Crippen molar-refractivity contribution < 1.29 is 29.3 Å². The van der Waals surface area contributed by atoms with Gasteiger partial charge in [0.1, 0.15) is 5.75 Å². The molecule has 1 aromatic rings. The number of halogens is 1. The number of carbonyl (C=O) groups excluding carboxylic acids is 1. The van der Waals surface area contributed by atoms with Crippen LogP contribution in [0.5, 0.6) is 5.75 Å². The van der Waals surface area contributed by atoms with E-state index in [4.69, 9.17) is 21.8 Å². The molecule has 84 valence electrons. The molecule has 0 saturated heterocycles. The topological polar surface area (TPSA) is 101 Å². The van der Waals surface area contributed by atoms with Crippen molar-refractivity contribution in [3.05, 3.63) is 29.3 Å². The number of hydrogen-bond donors (Lipinski definition) is 2. The molecule has 0 aliphatic carbocycles. The second-order valence-electron chi connectivity index (χ2n) is 2.70. The number of rotatable bonds is 3. The Morgan fingerprint density at radius 2 is 1.44 bits per heavy atom. The fourth-order valence-corrected chi connectivity index (χ4v) is 1.09. The summed E-state index contributed by atoms with van der Waals surface area (Å²) in [5.74, 6) is -2.91. The van der Waals surface area contributed by atoms with Crippen molar-refractivity contribution in [3.63, 3.8) is 0 Å². The van der Waals surface area contributed by atoms with E-state index < -0.39 is 17.4 Å². The van der Waals surface area contributed by atoms with Gasteiger partial charge in [-0.15, -0.1) is 0 Å². The normalized spacial score (nSPS) is 9.56. The van der Waals surface area contributed by atoms with Gasteiger partial charge in [0.05, 0.1) is 11.1 Å². The Bertz CT molecular complexity index is 435. The minimum Gasteiger partial charge on any atom is -0.478 e. The van der Waals surface area contributed by atoms with Gasteiger partial charge in [0.25, 0.3) is 0 Å². The van der Waals surface area contributed by atoms with Crippen LogP contribution in [0.1, 0.15) is 20.7 Å². The molecule has 0 heterocycles. The van der Waals surface area contributed by atoms with E-state index in [1.165, 1.54) is 0 Å². The molecule has 0 aromatic heterocycles. The third kappa shape index (κ3) is 2.96. The molecule has 7 heteroatoms. The smallest absolute Gasteiger partial charge is 0.409 e. The molecule has 0 unspecified atom stereocenters. The molecule has 1 rings (SSSR count). The highest BCUT2D eigenvalue weighted by molar-refractivity contribution is 6.61. The summed E-state index contributed by atoms with van der Waals surface area (Å²) < 4.78 is 4.40. The molecule has 16 heavy (non-hydrogen) atoms. The SMILES string of the molecule is O=C(Cl)Oc1cc(C(=O)O)cc(C(=O)O)c1. The molecule has 0 spiro atoms. The molecule has 0 radical (unpaired) electrons. The second-order valence-corrected chi connectivity index (χ2v) is 3.00. The van der Waals surface area contributed by atoms with Crippen LogP contribution in [-0.4, -0.2) is 27.6 Å². The van der Waals surface area contributed by atoms with Crippen LogP contribution in [0, 0.1) is 0 Å². The van der Waals surface area contributed by atoms with E-state index in [0.29, 0.717) is 0 Å². The van der Waals surface area contributed by atoms with Gasteiger partial charge >= 0.3 is 17.4 Å². The third-order valence-corrected chi connectivity index (χ3v) is 1.68. The minimum absolute atomic E-state index is 0.239. The molecule has 0 amide bonds. The lowest BCUT2D eigenvalue weighted by Gasteiger charge is -2.03. The van der Waals surface area contributed by atoms with E-state index in [0.717, 1.165) is 18.2 Å². The molecular weight excluding hydrogens is 240 g/mol. The molecule has 0 aliphatic rings. The van der Waals surface area contributed by atoms with Gasteiger partial charge in [-0.25, -0.2) is 14.4 Å². The van der Waals surface area contributed by atoms with Gasteiger partial charge in [-0.3, -0.25) is 0 Å². The van der Waals surface area contributed by atoms with Gasteiger partial charge in [-0.05, 0) is 18.2 Å². The van der Waals surface area contributed by atoms with E-state index in [1.54, 1.807) is 0 Å². The first-order valence-corrected chi connectivity index (χ1v) is 4.27. The maximum absolute atomic E-state index is 10.6. The predicted molar refractivity (Wildman–Crippen MR) is 52.2 cm³/mol. The highest BCUT2D eigenvalue weighted by Crippen LogP contribution is 2.18. The summed E-state index contributed by atoms with van der Waals surface area (Å²) in [6, 6.07) is 2.93. The van der Waals surface area contributed by atoms with Gasteiger partial charge in [0.2, 0.25) is 0 Å². The lowest BCUT2D eigenvalue weighted by atomic mass is 10.1. The minimum atomic E-state index is -1.34. The van der Waals surface area contributed by atoms with Crippen LogP contribution in [0.2, 0.25) is 0 Å². The van der Waals surface area contributed by atoms with Gasteiger partial charge in [-0.2, -0.15) is 0 Å². The van der Waals surface area contributed by atoms with Crippen molar-refractivity contribution in [3.8, 4) is 5.75 Å². The van der Waals surface area contributed by atoms with Crippen LogP contribution in [0.4, 0.5) is 4.79 Å². The maximum atomic E-state index is 10.6. The van der Waals surface area contributed by atoms with Crippen molar-refractivity contribution in [1.82, 2.24) is 0 Å². The summed E-state index contributed by atoms with van der Waals surface area (Å²) in [7, 11) is 0. The summed E-state index contributed by atoms with van der Waals surface area (Å²) in [4.78, 5) is 31.7. The van der Waals surface area contributed by atoms with Gasteiger partial charge in [0.15, 0.2) is 0 Å². The Hall–Kier alpha value is -2.08. The fourth-order valence-electron chi connectivity index (χ4n) is 0.998. The standard InChI is InChI=1S/C9H5ClO6/c10-9(15)16-6-2-4(7(11)12)1-5(3-6)8(13)14/h1-3H,(H,11,12)(H,13,14). The highest BCUT2D eigenvalue weighted by atomic mass is 35.5. The first-order chi connectivity index (χ1) is 7.40. The lowest BCUT2D eigenvalue weighted by Crippen LogP contribution is -2.05. The highest BCUT2D eigenvalue weighted by Gasteiger charge is 2.13. The number of carbonyl (C=O) groups is 3. The molecule has 1 aromatic carbocycles. The molecule has 0 aliphatic heterocycles. The molecule has 2 N–H and O–H groups in total. The molecule has 0 fully saturated rings. The zero-order valence-corrected chi connectivity index (χ0v) is 8.39. The van der Waals surface area contributed by atoms with Crippen molar-refractivity contribution in [2.24, 2.45) is 0 Å². The summed E-state index contributed by atoms with van der Waals surface area (Å²) in [6.07, 6.45) is 0. The molecule has 0 saturated carbocycles. The van der Waals surface area contributed by atoms with Crippen molar-refractivity contribution in [1.29, 1.82) is 0 Å². The number of hydrogen-bond acceptors (Lipinski definition) is 4. The Kier molecular flexibility index (Phi) is 3.47. The Labute approximate surface area is 94.0 Å². The summed E-state index contributed by atoms with van der Waals surface area (Å²) >= 11 is 4.92. The van der Waals surface area contributed by atoms with Crippen LogP contribution in [0.3, 0.4) is 0 Å². The fraction of sp³-hybridized carbons (Fsp3) is 0. The zero-order chi connectivity index (χ0) is 12.3. The third-order valence-electron chi connectivity index (χ3n) is 1.60. The maximum Gasteiger partial charge on any atom is 0.409 e. The van der Waals surface area contributed by atoms with Crippen molar-refractivity contribution >= 4 is 29.0 Å². The number of aromatic carboxylic acids is 2. The summed E-state index contributed by atoms with van der Waals surface area (Å²) in [6.45, 7) is 0. The van der Waals surface area contributed by atoms with Crippen LogP contribution < -0.4 is 4.74 Å². The molecule has 0 bridgehead atoms. The van der Waals surface area contributed by atoms with E-state index >= 15 is 0 Å². The molecule has 6 nitrogen and oxygen atoms in total. The van der Waals surface area contributed by atoms with E-state index in [2.05, 4.69) is 4.74 Å². The van der Waals surface area contributed by atoms with E-state index in [9.17, 15) is 14.4 Å². The molecule has 0 atom stereocenters. The van der Waals surface area contributed by atoms with Crippen LogP contribution in [0.25, 0.3) is 0 Å². The van der Waals surface area contributed by atoms with Gasteiger partial charge in [-0.1, -0.05) is 0 Å². The summed E-state index contributed by atoms with van der Waals surface area (Å²) in [5, 5.41) is 17.4. The van der Waals surface area contributed by atoms with Crippen molar-refractivity contribution in [2.45, 2.75) is 0 Å². The monoisotopic (exact) mass is 244 g/mol.